The average molecular weight is 235 g/mol. The highest BCUT2D eigenvalue weighted by molar-refractivity contribution is 9.09. The SMILES string of the molecule is CC(C)C[SiH]1CCC(Br)CC1. The molecule has 0 aromatic carbocycles. The van der Waals surface area contributed by atoms with E-state index in [0.29, 0.717) is 0 Å². The highest BCUT2D eigenvalue weighted by atomic mass is 79.9. The Balaban J connectivity index is 2.17. The quantitative estimate of drug-likeness (QED) is 0.508. The monoisotopic (exact) mass is 234 g/mol. The zero-order chi connectivity index (χ0) is 8.27. The molecule has 1 fully saturated rings. The summed E-state index contributed by atoms with van der Waals surface area (Å²) in [5.74, 6) is 0.957. The highest BCUT2D eigenvalue weighted by Gasteiger charge is 2.20. The van der Waals surface area contributed by atoms with E-state index in [-0.39, 0.29) is 8.80 Å². The van der Waals surface area contributed by atoms with E-state index in [2.05, 4.69) is 29.8 Å². The van der Waals surface area contributed by atoms with Crippen molar-refractivity contribution >= 4 is 24.7 Å². The minimum Gasteiger partial charge on any atom is -0.0891 e. The van der Waals surface area contributed by atoms with Crippen LogP contribution < -0.4 is 0 Å². The van der Waals surface area contributed by atoms with Crippen molar-refractivity contribution in [1.82, 2.24) is 0 Å². The van der Waals surface area contributed by atoms with Gasteiger partial charge < -0.3 is 0 Å². The van der Waals surface area contributed by atoms with E-state index < -0.39 is 0 Å². The summed E-state index contributed by atoms with van der Waals surface area (Å²) in [6.45, 7) is 4.74. The molecule has 0 N–H and O–H groups in total. The van der Waals surface area contributed by atoms with E-state index in [4.69, 9.17) is 0 Å². The van der Waals surface area contributed by atoms with Gasteiger partial charge in [-0.25, -0.2) is 0 Å². The van der Waals surface area contributed by atoms with Gasteiger partial charge in [0.25, 0.3) is 0 Å². The maximum atomic E-state index is 3.70. The van der Waals surface area contributed by atoms with Gasteiger partial charge in [-0.05, 0) is 18.8 Å². The van der Waals surface area contributed by atoms with Gasteiger partial charge in [-0.15, -0.1) is 0 Å². The predicted molar refractivity (Wildman–Crippen MR) is 58.4 cm³/mol. The average Bonchev–Trinajstić information content (AvgIpc) is 1.93. The maximum Gasteiger partial charge on any atom is 0.0371 e. The molecule has 1 heterocycles. The number of hydrogen-bond acceptors (Lipinski definition) is 0. The first kappa shape index (κ1) is 9.78. The molecule has 0 amide bonds. The first-order valence-corrected chi connectivity index (χ1v) is 8.19. The largest absolute Gasteiger partial charge is 0.0891 e. The van der Waals surface area contributed by atoms with Crippen molar-refractivity contribution in [3.63, 3.8) is 0 Å². The molecule has 1 aliphatic heterocycles. The fourth-order valence-electron chi connectivity index (χ4n) is 2.02. The molecule has 0 bridgehead atoms. The van der Waals surface area contributed by atoms with Gasteiger partial charge in [-0.3, -0.25) is 0 Å². The minimum absolute atomic E-state index is 0.253. The van der Waals surface area contributed by atoms with Crippen LogP contribution in [0.15, 0.2) is 0 Å². The minimum atomic E-state index is -0.253. The van der Waals surface area contributed by atoms with Gasteiger partial charge in [-0.2, -0.15) is 0 Å². The van der Waals surface area contributed by atoms with E-state index in [9.17, 15) is 0 Å². The summed E-state index contributed by atoms with van der Waals surface area (Å²) >= 11 is 3.70. The lowest BCUT2D eigenvalue weighted by Crippen LogP contribution is -2.22. The molecule has 0 atom stereocenters. The summed E-state index contributed by atoms with van der Waals surface area (Å²) in [6, 6.07) is 4.77. The Kier molecular flexibility index (Phi) is 4.14. The molecule has 11 heavy (non-hydrogen) atoms. The van der Waals surface area contributed by atoms with Crippen LogP contribution in [0.5, 0.6) is 0 Å². The molecular formula is C9H19BrSi. The van der Waals surface area contributed by atoms with Crippen molar-refractivity contribution < 1.29 is 0 Å². The van der Waals surface area contributed by atoms with Gasteiger partial charge in [-0.1, -0.05) is 47.9 Å². The molecule has 2 heteroatoms. The summed E-state index contributed by atoms with van der Waals surface area (Å²) in [6.07, 6.45) is 2.92. The van der Waals surface area contributed by atoms with Gasteiger partial charge >= 0.3 is 0 Å². The molecule has 0 spiro atoms. The van der Waals surface area contributed by atoms with Gasteiger partial charge in [0, 0.05) is 13.6 Å². The predicted octanol–water partition coefficient (Wildman–Crippen LogP) is 3.43. The molecule has 0 aromatic rings. The Morgan fingerprint density at radius 3 is 2.36 bits per heavy atom. The second kappa shape index (κ2) is 4.66. The summed E-state index contributed by atoms with van der Waals surface area (Å²) in [5.41, 5.74) is 0. The molecule has 0 aliphatic carbocycles. The zero-order valence-electron chi connectivity index (χ0n) is 7.65. The Morgan fingerprint density at radius 1 is 1.36 bits per heavy atom. The van der Waals surface area contributed by atoms with E-state index in [0.717, 1.165) is 10.7 Å². The third-order valence-corrected chi connectivity index (χ3v) is 7.41. The van der Waals surface area contributed by atoms with E-state index >= 15 is 0 Å². The summed E-state index contributed by atoms with van der Waals surface area (Å²) in [7, 11) is -0.253. The van der Waals surface area contributed by atoms with Gasteiger partial charge in [0.05, 0.1) is 0 Å². The van der Waals surface area contributed by atoms with Crippen molar-refractivity contribution in [2.24, 2.45) is 5.92 Å². The Bertz CT molecular complexity index is 106. The van der Waals surface area contributed by atoms with Crippen LogP contribution in [0.2, 0.25) is 18.1 Å². The highest BCUT2D eigenvalue weighted by Crippen LogP contribution is 2.28. The summed E-state index contributed by atoms with van der Waals surface area (Å²) < 4.78 is 0. The lowest BCUT2D eigenvalue weighted by atomic mass is 10.2. The Hall–Kier alpha value is 0.697. The molecule has 0 aromatic heterocycles. The summed E-state index contributed by atoms with van der Waals surface area (Å²) in [5, 5.41) is 0. The normalized spacial score (nSPS) is 32.7. The molecule has 66 valence electrons. The lowest BCUT2D eigenvalue weighted by Gasteiger charge is -2.25. The first-order valence-electron chi connectivity index (χ1n) is 4.82. The summed E-state index contributed by atoms with van der Waals surface area (Å²) in [4.78, 5) is 0.860. The van der Waals surface area contributed by atoms with Crippen LogP contribution in [-0.4, -0.2) is 13.6 Å². The molecule has 1 aliphatic rings. The van der Waals surface area contributed by atoms with Crippen LogP contribution >= 0.6 is 15.9 Å². The molecular weight excluding hydrogens is 216 g/mol. The molecule has 1 saturated heterocycles. The van der Waals surface area contributed by atoms with Crippen molar-refractivity contribution in [3.05, 3.63) is 0 Å². The lowest BCUT2D eigenvalue weighted by molar-refractivity contribution is 0.690. The third-order valence-electron chi connectivity index (χ3n) is 2.58. The standard InChI is InChI=1S/C9H19BrSi/c1-8(2)7-11-5-3-9(10)4-6-11/h8-9,11H,3-7H2,1-2H3. The van der Waals surface area contributed by atoms with Crippen molar-refractivity contribution in [2.45, 2.75) is 49.6 Å². The van der Waals surface area contributed by atoms with Gasteiger partial charge in [0.2, 0.25) is 0 Å². The van der Waals surface area contributed by atoms with Crippen molar-refractivity contribution in [3.8, 4) is 0 Å². The van der Waals surface area contributed by atoms with Crippen LogP contribution in [-0.2, 0) is 0 Å². The molecule has 1 rings (SSSR count). The second-order valence-corrected chi connectivity index (χ2v) is 8.90. The van der Waals surface area contributed by atoms with E-state index in [1.165, 1.54) is 12.8 Å². The molecule has 0 unspecified atom stereocenters. The Morgan fingerprint density at radius 2 is 1.91 bits per heavy atom. The maximum absolute atomic E-state index is 3.70. The third kappa shape index (κ3) is 3.75. The molecule has 0 saturated carbocycles. The van der Waals surface area contributed by atoms with Gasteiger partial charge in [0.1, 0.15) is 0 Å². The number of alkyl halides is 1. The van der Waals surface area contributed by atoms with E-state index in [1.54, 1.807) is 18.1 Å². The van der Waals surface area contributed by atoms with Crippen LogP contribution in [0.25, 0.3) is 0 Å². The van der Waals surface area contributed by atoms with E-state index in [1.807, 2.05) is 0 Å². The zero-order valence-corrected chi connectivity index (χ0v) is 10.4. The fraction of sp³-hybridized carbons (Fsp3) is 1.00. The van der Waals surface area contributed by atoms with Crippen LogP contribution in [0.3, 0.4) is 0 Å². The smallest absolute Gasteiger partial charge is 0.0371 e. The number of rotatable bonds is 2. The Labute approximate surface area is 80.5 Å². The number of hydrogen-bond donors (Lipinski definition) is 0. The van der Waals surface area contributed by atoms with Gasteiger partial charge in [0.15, 0.2) is 0 Å². The first-order chi connectivity index (χ1) is 5.18. The van der Waals surface area contributed by atoms with Crippen molar-refractivity contribution in [2.75, 3.05) is 0 Å². The second-order valence-electron chi connectivity index (χ2n) is 4.25. The fourth-order valence-corrected chi connectivity index (χ4v) is 7.37. The molecule has 0 nitrogen and oxygen atoms in total. The van der Waals surface area contributed by atoms with Crippen molar-refractivity contribution in [1.29, 1.82) is 0 Å². The van der Waals surface area contributed by atoms with Crippen LogP contribution in [0.1, 0.15) is 26.7 Å². The topological polar surface area (TPSA) is 0 Å². The number of halogens is 1. The van der Waals surface area contributed by atoms with Crippen LogP contribution in [0.4, 0.5) is 0 Å². The van der Waals surface area contributed by atoms with Crippen LogP contribution in [0, 0.1) is 5.92 Å². The molecule has 0 radical (unpaired) electrons.